The largest absolute Gasteiger partial charge is 0.444 e. The fraction of sp³-hybridized carbons (Fsp3) is 0.846. The van der Waals surface area contributed by atoms with Gasteiger partial charge in [0.1, 0.15) is 11.1 Å². The van der Waals surface area contributed by atoms with Gasteiger partial charge < -0.3 is 10.1 Å². The van der Waals surface area contributed by atoms with Crippen LogP contribution in [-0.2, 0) is 19.6 Å². The second kappa shape index (κ2) is 4.86. The molecule has 0 aromatic rings. The summed E-state index contributed by atoms with van der Waals surface area (Å²) in [7, 11) is -3.66. The Morgan fingerprint density at radius 3 is 2.29 bits per heavy atom. The molecule has 124 valence electrons. The molecule has 0 bridgehead atoms. The molecule has 2 aliphatic rings. The number of rotatable bonds is 4. The van der Waals surface area contributed by atoms with Crippen LogP contribution in [0, 0.1) is 11.8 Å². The Bertz CT molecular complexity index is 571. The maximum Gasteiger partial charge on any atom is 0.408 e. The Balaban J connectivity index is 0.00000242. The topological polar surface area (TPSA) is 102 Å². The van der Waals surface area contributed by atoms with Gasteiger partial charge in [0, 0.05) is 2.85 Å². The zero-order valence-electron chi connectivity index (χ0n) is 12.7. The van der Waals surface area contributed by atoms with Crippen LogP contribution in [0.25, 0.3) is 0 Å². The van der Waals surface area contributed by atoms with E-state index >= 15 is 0 Å². The Labute approximate surface area is 127 Å². The van der Waals surface area contributed by atoms with Crippen LogP contribution < -0.4 is 10.0 Å². The third-order valence-electron chi connectivity index (χ3n) is 3.61. The van der Waals surface area contributed by atoms with Gasteiger partial charge in [0.25, 0.3) is 5.91 Å². The summed E-state index contributed by atoms with van der Waals surface area (Å²) in [5.41, 5.74) is -1.82. The van der Waals surface area contributed by atoms with Crippen molar-refractivity contribution in [1.82, 2.24) is 10.0 Å². The van der Waals surface area contributed by atoms with Crippen molar-refractivity contribution in [3.63, 3.8) is 0 Å². The van der Waals surface area contributed by atoms with Gasteiger partial charge in [-0.2, -0.15) is 0 Å². The maximum absolute atomic E-state index is 12.2. The molecule has 1 unspecified atom stereocenters. The summed E-state index contributed by atoms with van der Waals surface area (Å²) in [6.07, 6.45) is 2.69. The van der Waals surface area contributed by atoms with E-state index < -0.39 is 33.2 Å². The number of hydrogen-bond donors (Lipinski definition) is 2. The third kappa shape index (κ3) is 4.09. The lowest BCUT2D eigenvalue weighted by molar-refractivity contribution is -0.122. The van der Waals surface area contributed by atoms with Gasteiger partial charge in [-0.05, 0) is 51.9 Å². The van der Waals surface area contributed by atoms with Crippen LogP contribution in [0.15, 0.2) is 0 Å². The van der Waals surface area contributed by atoms with Crippen LogP contribution in [0.3, 0.4) is 0 Å². The van der Waals surface area contributed by atoms with E-state index in [4.69, 9.17) is 4.74 Å². The predicted octanol–water partition coefficient (Wildman–Crippen LogP) is 1.25. The van der Waals surface area contributed by atoms with Crippen LogP contribution in [0.4, 0.5) is 4.79 Å². The van der Waals surface area contributed by atoms with Gasteiger partial charge in [0.15, 0.2) is 0 Å². The van der Waals surface area contributed by atoms with Gasteiger partial charge in [-0.1, -0.05) is 0 Å². The summed E-state index contributed by atoms with van der Waals surface area (Å²) in [4.78, 5) is 24.1. The molecule has 2 fully saturated rings. The van der Waals surface area contributed by atoms with E-state index in [9.17, 15) is 18.0 Å². The molecule has 0 aromatic heterocycles. The molecular weight excluding hydrogens is 296 g/mol. The quantitative estimate of drug-likeness (QED) is 0.811. The lowest BCUT2D eigenvalue weighted by atomic mass is 10.1. The first-order valence-corrected chi connectivity index (χ1v) is 8.85. The monoisotopic (exact) mass is 322 g/mol. The second-order valence-corrected chi connectivity index (χ2v) is 8.70. The minimum atomic E-state index is -3.66. The molecule has 0 aliphatic heterocycles. The molecule has 2 amide bonds. The molecule has 0 spiro atoms. The Hall–Kier alpha value is -1.31. The lowest BCUT2D eigenvalue weighted by Gasteiger charge is -2.23. The van der Waals surface area contributed by atoms with Gasteiger partial charge in [0.2, 0.25) is 10.0 Å². The number of carbonyl (C=O) groups is 2. The van der Waals surface area contributed by atoms with Crippen LogP contribution >= 0.6 is 0 Å². The molecule has 7 nitrogen and oxygen atoms in total. The van der Waals surface area contributed by atoms with Crippen LogP contribution in [0.5, 0.6) is 0 Å². The average Bonchev–Trinajstić information content (AvgIpc) is 3.03. The first kappa shape index (κ1) is 16.1. The number of alkyl carbamates (subject to hydrolysis) is 1. The van der Waals surface area contributed by atoms with Crippen molar-refractivity contribution in [2.75, 3.05) is 6.26 Å². The molecule has 2 rings (SSSR count). The molecule has 21 heavy (non-hydrogen) atoms. The molecule has 0 radical (unpaired) electrons. The fourth-order valence-corrected chi connectivity index (χ4v) is 3.08. The fourth-order valence-electron chi connectivity index (χ4n) is 2.56. The van der Waals surface area contributed by atoms with Crippen molar-refractivity contribution < 1.29 is 25.6 Å². The Morgan fingerprint density at radius 2 is 1.86 bits per heavy atom. The van der Waals surface area contributed by atoms with E-state index in [2.05, 4.69) is 5.32 Å². The highest BCUT2D eigenvalue weighted by molar-refractivity contribution is 7.89. The summed E-state index contributed by atoms with van der Waals surface area (Å²) in [6, 6.07) is 0. The summed E-state index contributed by atoms with van der Waals surface area (Å²) < 4.78 is 29.6. The number of hydrogen-bond acceptors (Lipinski definition) is 5. The molecule has 0 saturated heterocycles. The predicted molar refractivity (Wildman–Crippen MR) is 80.1 cm³/mol. The summed E-state index contributed by atoms with van der Waals surface area (Å²) in [5, 5.41) is 2.58. The van der Waals surface area contributed by atoms with E-state index in [0.29, 0.717) is 12.3 Å². The third-order valence-corrected chi connectivity index (χ3v) is 4.17. The van der Waals surface area contributed by atoms with E-state index in [1.807, 2.05) is 4.72 Å². The summed E-state index contributed by atoms with van der Waals surface area (Å²) in [5.74, 6) is -0.301. The highest BCUT2D eigenvalue weighted by Gasteiger charge is 2.66. The number of ether oxygens (including phenoxy) is 1. The van der Waals surface area contributed by atoms with Crippen molar-refractivity contribution in [2.24, 2.45) is 11.8 Å². The number of carbonyl (C=O) groups excluding carboxylic acids is 2. The lowest BCUT2D eigenvalue weighted by Crippen LogP contribution is -2.53. The van der Waals surface area contributed by atoms with Crippen molar-refractivity contribution in [3.8, 4) is 0 Å². The minimum Gasteiger partial charge on any atom is -0.444 e. The summed E-state index contributed by atoms with van der Waals surface area (Å²) in [6.45, 7) is 5.17. The maximum atomic E-state index is 12.2. The minimum absolute atomic E-state index is 0. The molecule has 2 saturated carbocycles. The number of sulfonamides is 1. The normalized spacial score (nSPS) is 28.7. The zero-order valence-corrected chi connectivity index (χ0v) is 13.5. The Morgan fingerprint density at radius 1 is 1.29 bits per heavy atom. The molecule has 2 atom stereocenters. The van der Waals surface area contributed by atoms with Crippen molar-refractivity contribution >= 4 is 22.0 Å². The van der Waals surface area contributed by atoms with Gasteiger partial charge >= 0.3 is 6.09 Å². The first-order valence-electron chi connectivity index (χ1n) is 6.96. The van der Waals surface area contributed by atoms with E-state index in [1.54, 1.807) is 20.8 Å². The number of nitrogens with one attached hydrogen (secondary N) is 2. The van der Waals surface area contributed by atoms with Crippen LogP contribution in [-0.4, -0.2) is 37.8 Å². The molecule has 8 heteroatoms. The highest BCUT2D eigenvalue weighted by atomic mass is 32.2. The SMILES string of the molecule is CC(C)(C)OC(=O)NC1(C(=O)NS(C)(=O)=O)C[C@H]1C1CC1.[HH].[HH]. The van der Waals surface area contributed by atoms with Crippen LogP contribution in [0.2, 0.25) is 0 Å². The van der Waals surface area contributed by atoms with Crippen LogP contribution in [0.1, 0.15) is 42.9 Å². The van der Waals surface area contributed by atoms with E-state index in [0.717, 1.165) is 19.1 Å². The second-order valence-electron chi connectivity index (χ2n) is 6.95. The zero-order chi connectivity index (χ0) is 16.1. The average molecular weight is 322 g/mol. The smallest absolute Gasteiger partial charge is 0.408 e. The van der Waals surface area contributed by atoms with E-state index in [1.165, 1.54) is 0 Å². The molecule has 0 aromatic carbocycles. The van der Waals surface area contributed by atoms with Crippen molar-refractivity contribution in [1.29, 1.82) is 0 Å². The molecular formula is C13H26N2O5S. The van der Waals surface area contributed by atoms with E-state index in [-0.39, 0.29) is 8.77 Å². The first-order chi connectivity index (χ1) is 9.43. The van der Waals surface area contributed by atoms with Gasteiger partial charge in [-0.3, -0.25) is 9.52 Å². The number of amides is 2. The highest BCUT2D eigenvalue weighted by Crippen LogP contribution is 2.57. The summed E-state index contributed by atoms with van der Waals surface area (Å²) >= 11 is 0. The molecule has 2 N–H and O–H groups in total. The molecule has 2 aliphatic carbocycles. The van der Waals surface area contributed by atoms with Crippen molar-refractivity contribution in [3.05, 3.63) is 0 Å². The van der Waals surface area contributed by atoms with Gasteiger partial charge in [0.05, 0.1) is 6.26 Å². The van der Waals surface area contributed by atoms with Crippen molar-refractivity contribution in [2.45, 2.75) is 51.2 Å². The van der Waals surface area contributed by atoms with Gasteiger partial charge in [-0.15, -0.1) is 0 Å². The van der Waals surface area contributed by atoms with Gasteiger partial charge in [-0.25, -0.2) is 13.2 Å². The standard InChI is InChI=1S/C13H22N2O5S.2H2/c1-12(2,3)20-11(17)14-13(7-9(13)8-5-6-8)10(16)15-21(4,18)19;;/h8-9H,5-7H2,1-4H3,(H,14,17)(H,15,16);2*1H/t9-,13?;;/m0../s1. The molecule has 0 heterocycles. The Kier molecular flexibility index (Phi) is 3.72.